The number of hydrogen-bond donors (Lipinski definition) is 5. The summed E-state index contributed by atoms with van der Waals surface area (Å²) in [5.41, 5.74) is 11.3. The van der Waals surface area contributed by atoms with Gasteiger partial charge in [0.15, 0.2) is 5.69 Å². The molecule has 17 heteroatoms. The minimum absolute atomic E-state index is 0. The van der Waals surface area contributed by atoms with E-state index in [4.69, 9.17) is 20.3 Å². The van der Waals surface area contributed by atoms with Crippen molar-refractivity contribution in [2.24, 2.45) is 0 Å². The Bertz CT molecular complexity index is 3350. The number of methoxy groups -OCH3 is 2. The Morgan fingerprint density at radius 1 is 0.625 bits per heavy atom. The summed E-state index contributed by atoms with van der Waals surface area (Å²) in [6, 6.07) is 36.2. The molecule has 0 saturated carbocycles. The molecule has 10 rings (SSSR count). The second-order valence-electron chi connectivity index (χ2n) is 13.8. The highest BCUT2D eigenvalue weighted by atomic mass is 16.5. The van der Waals surface area contributed by atoms with Crippen molar-refractivity contribution in [3.8, 4) is 34.0 Å². The molecule has 6 heterocycles. The van der Waals surface area contributed by atoms with Gasteiger partial charge >= 0.3 is 5.97 Å². The van der Waals surface area contributed by atoms with Gasteiger partial charge in [-0.25, -0.2) is 25.0 Å². The number of carboxylic acid groups (broad SMARTS) is 1. The van der Waals surface area contributed by atoms with E-state index in [1.807, 2.05) is 79.0 Å². The van der Waals surface area contributed by atoms with Crippen molar-refractivity contribution >= 4 is 56.1 Å². The van der Waals surface area contributed by atoms with Gasteiger partial charge in [0.05, 0.1) is 36.4 Å². The van der Waals surface area contributed by atoms with E-state index in [0.29, 0.717) is 67.4 Å². The molecule has 0 unspecified atom stereocenters. The lowest BCUT2D eigenvalue weighted by molar-refractivity contribution is 0.0691. The van der Waals surface area contributed by atoms with Crippen LogP contribution in [0.3, 0.4) is 0 Å². The van der Waals surface area contributed by atoms with E-state index in [9.17, 15) is 19.2 Å². The van der Waals surface area contributed by atoms with Crippen molar-refractivity contribution in [1.82, 2.24) is 39.2 Å². The molecule has 0 fully saturated rings. The molecule has 17 nitrogen and oxygen atoms in total. The number of nitrogens with zero attached hydrogens (tertiary/aromatic N) is 6. The third kappa shape index (κ3) is 9.13. The number of nitrogens with two attached hydrogens (primary N) is 1. The van der Waals surface area contributed by atoms with Gasteiger partial charge in [0.25, 0.3) is 17.0 Å². The lowest BCUT2D eigenvalue weighted by Crippen LogP contribution is -2.12. The number of benzene rings is 4. The summed E-state index contributed by atoms with van der Waals surface area (Å²) in [5.74, 6) is -0.0625. The number of ether oxygens (including phenoxy) is 2. The van der Waals surface area contributed by atoms with Gasteiger partial charge in [-0.15, -0.1) is 0 Å². The van der Waals surface area contributed by atoms with E-state index in [-0.39, 0.29) is 30.1 Å². The van der Waals surface area contributed by atoms with E-state index >= 15 is 0 Å². The fraction of sp³-hybridized carbons (Fsp3) is 0.0638. The molecule has 0 aliphatic heterocycles. The smallest absolute Gasteiger partial charge is 0.356 e. The number of hydrogen-bond acceptors (Lipinski definition) is 11. The summed E-state index contributed by atoms with van der Waals surface area (Å²) < 4.78 is 13.8. The highest BCUT2D eigenvalue weighted by molar-refractivity contribution is 6.03. The van der Waals surface area contributed by atoms with Crippen LogP contribution >= 0.6 is 0 Å². The number of aromatic amines is 2. The standard InChI is InChI=1S/C23H17N5O3.C15H13N3O2.C8H6N2O2.CH4/c1-31-16-9-10-17-18(12-16)22(29)27-26-21(17)14-5-7-15(8-6-14)24-23(30)19-13-28-11-3-2-4-20(28)25-19;1-20-11-6-7-12-13(8-11)15(19)18-17-14(12)9-2-4-10(16)5-3-9;11-8(12)6-5-10-4-2-1-3-7(10)9-6;/h2-13H,1H3,(H,24,30)(H,27,29);2-8H,16H2,1H3,(H,18,19);1-5H,(H,11,12);1H4. The molecule has 4 aromatic carbocycles. The Morgan fingerprint density at radius 2 is 1.09 bits per heavy atom. The Morgan fingerprint density at radius 3 is 1.56 bits per heavy atom. The van der Waals surface area contributed by atoms with Crippen LogP contribution in [0.1, 0.15) is 28.4 Å². The van der Waals surface area contributed by atoms with Gasteiger partial charge in [-0.3, -0.25) is 14.4 Å². The molecule has 64 heavy (non-hydrogen) atoms. The van der Waals surface area contributed by atoms with Crippen LogP contribution in [0, 0.1) is 0 Å². The first-order chi connectivity index (χ1) is 30.6. The minimum Gasteiger partial charge on any atom is -0.497 e. The number of aromatic nitrogens is 8. The Labute approximate surface area is 363 Å². The molecular formula is C47H40N10O7. The number of aromatic carboxylic acids is 1. The lowest BCUT2D eigenvalue weighted by Gasteiger charge is -2.08. The second kappa shape index (κ2) is 18.7. The Kier molecular flexibility index (Phi) is 12.5. The van der Waals surface area contributed by atoms with E-state index in [1.165, 1.54) is 6.20 Å². The zero-order valence-corrected chi connectivity index (χ0v) is 33.5. The third-order valence-electron chi connectivity index (χ3n) is 9.77. The normalized spacial score (nSPS) is 10.6. The molecular weight excluding hydrogens is 817 g/mol. The van der Waals surface area contributed by atoms with Crippen molar-refractivity contribution in [2.45, 2.75) is 7.43 Å². The van der Waals surface area contributed by atoms with Crippen molar-refractivity contribution in [1.29, 1.82) is 0 Å². The highest BCUT2D eigenvalue weighted by Crippen LogP contribution is 2.29. The fourth-order valence-electron chi connectivity index (χ4n) is 6.61. The van der Waals surface area contributed by atoms with Crippen molar-refractivity contribution in [3.05, 3.63) is 178 Å². The number of rotatable bonds is 7. The first kappa shape index (κ1) is 43.0. The van der Waals surface area contributed by atoms with Crippen LogP contribution in [0.15, 0.2) is 156 Å². The Hall–Kier alpha value is -9.12. The van der Waals surface area contributed by atoms with Crippen molar-refractivity contribution in [2.75, 3.05) is 25.3 Å². The molecule has 0 bridgehead atoms. The van der Waals surface area contributed by atoms with Crippen LogP contribution in [-0.2, 0) is 0 Å². The molecule has 320 valence electrons. The van der Waals surface area contributed by atoms with Crippen LogP contribution in [0.2, 0.25) is 0 Å². The van der Waals surface area contributed by atoms with E-state index in [0.717, 1.165) is 16.5 Å². The summed E-state index contributed by atoms with van der Waals surface area (Å²) in [6.45, 7) is 0. The van der Waals surface area contributed by atoms with Gasteiger partial charge in [0, 0.05) is 58.1 Å². The number of carbonyl (C=O) groups is 2. The number of fused-ring (bicyclic) bond motifs is 4. The number of carboxylic acids is 1. The summed E-state index contributed by atoms with van der Waals surface area (Å²) in [7, 11) is 3.12. The molecule has 0 aliphatic carbocycles. The average Bonchev–Trinajstić information content (AvgIpc) is 3.96. The van der Waals surface area contributed by atoms with Gasteiger partial charge in [0.2, 0.25) is 0 Å². The molecule has 1 amide bonds. The van der Waals surface area contributed by atoms with Crippen LogP contribution in [0.5, 0.6) is 11.5 Å². The summed E-state index contributed by atoms with van der Waals surface area (Å²) in [4.78, 5) is 55.3. The van der Waals surface area contributed by atoms with Gasteiger partial charge < -0.3 is 34.4 Å². The van der Waals surface area contributed by atoms with Crippen LogP contribution in [0.4, 0.5) is 11.4 Å². The van der Waals surface area contributed by atoms with Gasteiger partial charge in [-0.1, -0.05) is 43.8 Å². The number of nitrogen functional groups attached to an aromatic ring is 1. The molecule has 6 N–H and O–H groups in total. The quantitative estimate of drug-likeness (QED) is 0.0990. The largest absolute Gasteiger partial charge is 0.497 e. The number of nitrogens with one attached hydrogen (secondary N) is 3. The van der Waals surface area contributed by atoms with Gasteiger partial charge in [0.1, 0.15) is 28.5 Å². The number of anilines is 2. The maximum Gasteiger partial charge on any atom is 0.356 e. The van der Waals surface area contributed by atoms with Crippen molar-refractivity contribution < 1.29 is 24.2 Å². The monoisotopic (exact) mass is 856 g/mol. The average molecular weight is 857 g/mol. The lowest BCUT2D eigenvalue weighted by atomic mass is 10.0. The Balaban J connectivity index is 0.000000158. The number of pyridine rings is 2. The first-order valence-corrected chi connectivity index (χ1v) is 19.1. The van der Waals surface area contributed by atoms with Crippen molar-refractivity contribution in [3.63, 3.8) is 0 Å². The number of imidazole rings is 2. The van der Waals surface area contributed by atoms with Crippen LogP contribution in [-0.4, -0.2) is 70.4 Å². The van der Waals surface area contributed by atoms with Crippen LogP contribution < -0.4 is 31.6 Å². The number of amides is 1. The molecule has 0 saturated heterocycles. The topological polar surface area (TPSA) is 237 Å². The second-order valence-corrected chi connectivity index (χ2v) is 13.8. The van der Waals surface area contributed by atoms with E-state index in [1.54, 1.807) is 83.9 Å². The summed E-state index contributed by atoms with van der Waals surface area (Å²) in [6.07, 6.45) is 6.77. The molecule has 10 aromatic rings. The molecule has 0 radical (unpaired) electrons. The molecule has 0 aliphatic rings. The SMILES string of the molecule is C.COc1ccc2c(-c3ccc(N)cc3)n[nH]c(=O)c2c1.COc1ccc2c(-c3ccc(NC(=O)c4cn5ccccc5n4)cc3)n[nH]c(=O)c2c1.O=C(O)c1cn2ccccc2n1. The van der Waals surface area contributed by atoms with Gasteiger partial charge in [-0.05, 0) is 84.9 Å². The maximum absolute atomic E-state index is 12.6. The zero-order chi connectivity index (χ0) is 44.0. The van der Waals surface area contributed by atoms with E-state index < -0.39 is 5.97 Å². The number of carbonyl (C=O) groups excluding carboxylic acids is 1. The maximum atomic E-state index is 12.6. The molecule has 0 spiro atoms. The van der Waals surface area contributed by atoms with Crippen LogP contribution in [0.25, 0.3) is 55.4 Å². The van der Waals surface area contributed by atoms with Gasteiger partial charge in [-0.2, -0.15) is 10.2 Å². The highest BCUT2D eigenvalue weighted by Gasteiger charge is 2.14. The third-order valence-corrected chi connectivity index (χ3v) is 9.77. The first-order valence-electron chi connectivity index (χ1n) is 19.1. The predicted molar refractivity (Wildman–Crippen MR) is 245 cm³/mol. The zero-order valence-electron chi connectivity index (χ0n) is 33.5. The number of H-pyrrole nitrogens is 2. The molecule has 6 aromatic heterocycles. The molecule has 0 atom stereocenters. The minimum atomic E-state index is -1.00. The van der Waals surface area contributed by atoms with E-state index in [2.05, 4.69) is 35.7 Å². The fourth-order valence-corrected chi connectivity index (χ4v) is 6.61. The summed E-state index contributed by atoms with van der Waals surface area (Å²) in [5, 5.41) is 27.4. The predicted octanol–water partition coefficient (Wildman–Crippen LogP) is 7.35. The summed E-state index contributed by atoms with van der Waals surface area (Å²) >= 11 is 0.